The standard InChI is InChI=1S/C20H22O5/c1-3-4-5-13-24-19(21)15-7-6-8-16(14-15)20(22)25-18-11-9-17(23-2)10-12-18/h6-12,14H,3-5,13H2,1-2H3. The van der Waals surface area contributed by atoms with Gasteiger partial charge in [0.25, 0.3) is 0 Å². The summed E-state index contributed by atoms with van der Waals surface area (Å²) in [4.78, 5) is 24.3. The number of unbranched alkanes of at least 4 members (excludes halogenated alkanes) is 2. The molecule has 0 saturated heterocycles. The minimum Gasteiger partial charge on any atom is -0.497 e. The number of carbonyl (C=O) groups excluding carboxylic acids is 2. The fourth-order valence-corrected chi connectivity index (χ4v) is 2.18. The Balaban J connectivity index is 1.99. The molecule has 0 saturated carbocycles. The summed E-state index contributed by atoms with van der Waals surface area (Å²) in [6, 6.07) is 13.0. The van der Waals surface area contributed by atoms with E-state index in [9.17, 15) is 9.59 Å². The van der Waals surface area contributed by atoms with E-state index in [-0.39, 0.29) is 0 Å². The van der Waals surface area contributed by atoms with Crippen LogP contribution in [0.3, 0.4) is 0 Å². The van der Waals surface area contributed by atoms with Gasteiger partial charge in [0.05, 0.1) is 24.8 Å². The third-order valence-electron chi connectivity index (χ3n) is 3.59. The second kappa shape index (κ2) is 9.47. The van der Waals surface area contributed by atoms with E-state index in [1.165, 1.54) is 6.07 Å². The molecule has 0 N–H and O–H groups in total. The molecule has 2 aromatic rings. The van der Waals surface area contributed by atoms with Crippen LogP contribution in [0.4, 0.5) is 0 Å². The lowest BCUT2D eigenvalue weighted by atomic mass is 10.1. The van der Waals surface area contributed by atoms with Crippen LogP contribution in [0.1, 0.15) is 46.9 Å². The van der Waals surface area contributed by atoms with Crippen LogP contribution in [-0.2, 0) is 4.74 Å². The molecule has 0 aliphatic carbocycles. The lowest BCUT2D eigenvalue weighted by Gasteiger charge is -2.07. The zero-order valence-corrected chi connectivity index (χ0v) is 14.5. The lowest BCUT2D eigenvalue weighted by Crippen LogP contribution is -2.11. The van der Waals surface area contributed by atoms with Crippen molar-refractivity contribution in [1.29, 1.82) is 0 Å². The van der Waals surface area contributed by atoms with Crippen molar-refractivity contribution in [3.8, 4) is 11.5 Å². The summed E-state index contributed by atoms with van der Waals surface area (Å²) >= 11 is 0. The molecule has 2 rings (SSSR count). The third kappa shape index (κ3) is 5.64. The zero-order valence-electron chi connectivity index (χ0n) is 14.5. The maximum Gasteiger partial charge on any atom is 0.343 e. The van der Waals surface area contributed by atoms with Crippen LogP contribution >= 0.6 is 0 Å². The van der Waals surface area contributed by atoms with Crippen molar-refractivity contribution in [3.05, 3.63) is 59.7 Å². The molecule has 5 heteroatoms. The van der Waals surface area contributed by atoms with Gasteiger partial charge in [0.1, 0.15) is 11.5 Å². The molecule has 0 unspecified atom stereocenters. The van der Waals surface area contributed by atoms with E-state index in [2.05, 4.69) is 6.92 Å². The molecule has 2 aromatic carbocycles. The Morgan fingerprint density at radius 3 is 2.16 bits per heavy atom. The number of esters is 2. The fourth-order valence-electron chi connectivity index (χ4n) is 2.18. The van der Waals surface area contributed by atoms with Crippen molar-refractivity contribution in [1.82, 2.24) is 0 Å². The monoisotopic (exact) mass is 342 g/mol. The Morgan fingerprint density at radius 2 is 1.52 bits per heavy atom. The van der Waals surface area contributed by atoms with Crippen molar-refractivity contribution in [2.75, 3.05) is 13.7 Å². The molecule has 0 aliphatic heterocycles. The van der Waals surface area contributed by atoms with E-state index in [1.54, 1.807) is 49.6 Å². The van der Waals surface area contributed by atoms with Gasteiger partial charge in [-0.15, -0.1) is 0 Å². The lowest BCUT2D eigenvalue weighted by molar-refractivity contribution is 0.0498. The quantitative estimate of drug-likeness (QED) is 0.407. The first-order valence-corrected chi connectivity index (χ1v) is 8.27. The number of benzene rings is 2. The van der Waals surface area contributed by atoms with Crippen LogP contribution in [0.25, 0.3) is 0 Å². The van der Waals surface area contributed by atoms with Crippen molar-refractivity contribution < 1.29 is 23.8 Å². The second-order valence-corrected chi connectivity index (χ2v) is 5.49. The second-order valence-electron chi connectivity index (χ2n) is 5.49. The molecule has 0 fully saturated rings. The Labute approximate surface area is 147 Å². The zero-order chi connectivity index (χ0) is 18.1. The number of hydrogen-bond donors (Lipinski definition) is 0. The van der Waals surface area contributed by atoms with Gasteiger partial charge in [-0.05, 0) is 48.9 Å². The molecular weight excluding hydrogens is 320 g/mol. The molecule has 25 heavy (non-hydrogen) atoms. The Hall–Kier alpha value is -2.82. The maximum atomic E-state index is 12.2. The van der Waals surface area contributed by atoms with E-state index in [0.29, 0.717) is 29.2 Å². The molecule has 0 bridgehead atoms. The maximum absolute atomic E-state index is 12.2. The predicted molar refractivity (Wildman–Crippen MR) is 94.2 cm³/mol. The van der Waals surface area contributed by atoms with Crippen LogP contribution < -0.4 is 9.47 Å². The van der Waals surface area contributed by atoms with Crippen LogP contribution in [0.5, 0.6) is 11.5 Å². The minimum absolute atomic E-state index is 0.291. The molecule has 0 heterocycles. The van der Waals surface area contributed by atoms with Gasteiger partial charge in [0, 0.05) is 0 Å². The largest absolute Gasteiger partial charge is 0.497 e. The topological polar surface area (TPSA) is 61.8 Å². The van der Waals surface area contributed by atoms with Crippen molar-refractivity contribution in [2.45, 2.75) is 26.2 Å². The smallest absolute Gasteiger partial charge is 0.343 e. The van der Waals surface area contributed by atoms with Crippen molar-refractivity contribution in [2.24, 2.45) is 0 Å². The van der Waals surface area contributed by atoms with Gasteiger partial charge in [-0.2, -0.15) is 0 Å². The summed E-state index contributed by atoms with van der Waals surface area (Å²) in [5.41, 5.74) is 0.625. The fraction of sp³-hybridized carbons (Fsp3) is 0.300. The first-order valence-electron chi connectivity index (χ1n) is 8.27. The van der Waals surface area contributed by atoms with Crippen molar-refractivity contribution >= 4 is 11.9 Å². The number of rotatable bonds is 8. The van der Waals surface area contributed by atoms with Gasteiger partial charge in [-0.1, -0.05) is 25.8 Å². The van der Waals surface area contributed by atoms with Crippen molar-refractivity contribution in [3.63, 3.8) is 0 Å². The van der Waals surface area contributed by atoms with Gasteiger partial charge in [-0.25, -0.2) is 9.59 Å². The summed E-state index contributed by atoms with van der Waals surface area (Å²) in [5, 5.41) is 0. The Kier molecular flexibility index (Phi) is 7.01. The predicted octanol–water partition coefficient (Wildman–Crippen LogP) is 4.26. The highest BCUT2D eigenvalue weighted by molar-refractivity contribution is 5.96. The number of methoxy groups -OCH3 is 1. The van der Waals surface area contributed by atoms with Gasteiger partial charge in [-0.3, -0.25) is 0 Å². The molecule has 0 radical (unpaired) electrons. The SMILES string of the molecule is CCCCCOC(=O)c1cccc(C(=O)Oc2ccc(OC)cc2)c1. The Bertz CT molecular complexity index is 706. The van der Waals surface area contributed by atoms with Gasteiger partial charge in [0.15, 0.2) is 0 Å². The number of ether oxygens (including phenoxy) is 3. The number of carbonyl (C=O) groups is 2. The van der Waals surface area contributed by atoms with E-state index in [0.717, 1.165) is 19.3 Å². The van der Waals surface area contributed by atoms with Crippen LogP contribution in [0.2, 0.25) is 0 Å². The average Bonchev–Trinajstić information content (AvgIpc) is 2.65. The Morgan fingerprint density at radius 1 is 0.880 bits per heavy atom. The van der Waals surface area contributed by atoms with Crippen LogP contribution in [0, 0.1) is 0 Å². The van der Waals surface area contributed by atoms with Gasteiger partial charge < -0.3 is 14.2 Å². The van der Waals surface area contributed by atoms with E-state index in [1.807, 2.05) is 0 Å². The molecule has 0 spiro atoms. The van der Waals surface area contributed by atoms with Crippen LogP contribution in [0.15, 0.2) is 48.5 Å². The summed E-state index contributed by atoms with van der Waals surface area (Å²) in [7, 11) is 1.56. The van der Waals surface area contributed by atoms with E-state index < -0.39 is 11.9 Å². The summed E-state index contributed by atoms with van der Waals surface area (Å²) in [6.45, 7) is 2.47. The molecule has 0 atom stereocenters. The molecule has 0 amide bonds. The summed E-state index contributed by atoms with van der Waals surface area (Å²) in [5.74, 6) is 0.104. The first-order chi connectivity index (χ1) is 12.1. The molecular formula is C20H22O5. The molecule has 0 aliphatic rings. The van der Waals surface area contributed by atoms with E-state index >= 15 is 0 Å². The minimum atomic E-state index is -0.536. The highest BCUT2D eigenvalue weighted by Gasteiger charge is 2.13. The molecule has 132 valence electrons. The normalized spacial score (nSPS) is 10.2. The summed E-state index contributed by atoms with van der Waals surface area (Å²) in [6.07, 6.45) is 2.91. The highest BCUT2D eigenvalue weighted by atomic mass is 16.5. The molecule has 5 nitrogen and oxygen atoms in total. The third-order valence-corrected chi connectivity index (χ3v) is 3.59. The van der Waals surface area contributed by atoms with Gasteiger partial charge in [0.2, 0.25) is 0 Å². The first kappa shape index (κ1) is 18.5. The average molecular weight is 342 g/mol. The molecule has 0 aromatic heterocycles. The van der Waals surface area contributed by atoms with Gasteiger partial charge >= 0.3 is 11.9 Å². The summed E-state index contributed by atoms with van der Waals surface area (Å²) < 4.78 is 15.6. The van der Waals surface area contributed by atoms with Crippen LogP contribution in [-0.4, -0.2) is 25.7 Å². The highest BCUT2D eigenvalue weighted by Crippen LogP contribution is 2.18. The van der Waals surface area contributed by atoms with E-state index in [4.69, 9.17) is 14.2 Å². The number of hydrogen-bond acceptors (Lipinski definition) is 5.